The number of nitrogens with zero attached hydrogens (tertiary/aromatic N) is 5. The molecule has 2 atom stereocenters. The molecule has 10 nitrogen and oxygen atoms in total. The number of anilines is 4. The second-order valence-corrected chi connectivity index (χ2v) is 9.71. The summed E-state index contributed by atoms with van der Waals surface area (Å²) in [5.74, 6) is 1.85. The highest BCUT2D eigenvalue weighted by atomic mass is 19.1. The Balaban J connectivity index is 1.52. The Hall–Kier alpha value is -4.02. The van der Waals surface area contributed by atoms with Crippen molar-refractivity contribution in [3.8, 4) is 0 Å². The summed E-state index contributed by atoms with van der Waals surface area (Å²) >= 11 is 0. The molecule has 2 aromatic heterocycles. The van der Waals surface area contributed by atoms with E-state index in [1.54, 1.807) is 30.7 Å². The molecule has 1 fully saturated rings. The minimum Gasteiger partial charge on any atom is -0.444 e. The van der Waals surface area contributed by atoms with E-state index >= 15 is 0 Å². The van der Waals surface area contributed by atoms with Crippen molar-refractivity contribution in [1.29, 1.82) is 0 Å². The molecule has 36 heavy (non-hydrogen) atoms. The summed E-state index contributed by atoms with van der Waals surface area (Å²) in [5, 5.41) is 9.28. The molecule has 1 unspecified atom stereocenters. The summed E-state index contributed by atoms with van der Waals surface area (Å²) in [6, 6.07) is 7.94. The Labute approximate surface area is 209 Å². The number of benzene rings is 1. The van der Waals surface area contributed by atoms with E-state index in [1.165, 1.54) is 12.1 Å². The van der Waals surface area contributed by atoms with Gasteiger partial charge in [0, 0.05) is 37.0 Å². The maximum atomic E-state index is 13.3. The van der Waals surface area contributed by atoms with Gasteiger partial charge in [-0.3, -0.25) is 4.98 Å². The van der Waals surface area contributed by atoms with Crippen LogP contribution < -0.4 is 20.9 Å². The van der Waals surface area contributed by atoms with Gasteiger partial charge in [0.2, 0.25) is 5.95 Å². The summed E-state index contributed by atoms with van der Waals surface area (Å²) in [4.78, 5) is 31.9. The molecule has 0 saturated carbocycles. The van der Waals surface area contributed by atoms with Crippen molar-refractivity contribution in [2.45, 2.75) is 51.8 Å². The van der Waals surface area contributed by atoms with Crippen LogP contribution in [0, 0.1) is 5.82 Å². The fourth-order valence-electron chi connectivity index (χ4n) is 3.77. The average molecular weight is 495 g/mol. The van der Waals surface area contributed by atoms with E-state index in [1.807, 2.05) is 38.7 Å². The minimum absolute atomic E-state index is 0.166. The summed E-state index contributed by atoms with van der Waals surface area (Å²) < 4.78 is 19.0. The zero-order valence-electron chi connectivity index (χ0n) is 20.8. The highest BCUT2D eigenvalue weighted by Crippen LogP contribution is 2.27. The number of hydrogen-bond acceptors (Lipinski definition) is 9. The molecule has 1 saturated heterocycles. The Kier molecular flexibility index (Phi) is 7.47. The molecule has 0 aliphatic carbocycles. The lowest BCUT2D eigenvalue weighted by Gasteiger charge is -2.23. The largest absolute Gasteiger partial charge is 0.444 e. The Morgan fingerprint density at radius 3 is 2.64 bits per heavy atom. The van der Waals surface area contributed by atoms with Crippen LogP contribution in [0.1, 0.15) is 45.7 Å². The normalized spacial score (nSPS) is 16.4. The first-order chi connectivity index (χ1) is 17.1. The first-order valence-electron chi connectivity index (χ1n) is 11.8. The summed E-state index contributed by atoms with van der Waals surface area (Å²) in [6.45, 7) is 8.84. The van der Waals surface area contributed by atoms with Crippen LogP contribution in [0.5, 0.6) is 0 Å². The maximum Gasteiger partial charge on any atom is 0.407 e. The minimum atomic E-state index is -0.433. The second kappa shape index (κ2) is 10.7. The number of rotatable bonds is 7. The van der Waals surface area contributed by atoms with Crippen LogP contribution in [0.25, 0.3) is 0 Å². The third kappa shape index (κ3) is 7.00. The van der Waals surface area contributed by atoms with Gasteiger partial charge in [0.1, 0.15) is 29.4 Å². The quantitative estimate of drug-likeness (QED) is 0.438. The number of carbonyl (C=O) groups excluding carboxylic acids is 1. The van der Waals surface area contributed by atoms with Gasteiger partial charge in [-0.25, -0.2) is 14.2 Å². The molecule has 0 spiro atoms. The summed E-state index contributed by atoms with van der Waals surface area (Å²) in [6.07, 6.45) is 4.78. The third-order valence-electron chi connectivity index (χ3n) is 5.47. The van der Waals surface area contributed by atoms with Crippen molar-refractivity contribution >= 4 is 29.5 Å². The number of amides is 1. The first-order valence-corrected chi connectivity index (χ1v) is 11.8. The molecule has 3 heterocycles. The van der Waals surface area contributed by atoms with E-state index < -0.39 is 6.09 Å². The molecule has 1 aliphatic rings. The molecule has 1 amide bonds. The lowest BCUT2D eigenvalue weighted by Crippen LogP contribution is -2.42. The summed E-state index contributed by atoms with van der Waals surface area (Å²) in [5.41, 5.74) is 0.526. The van der Waals surface area contributed by atoms with E-state index in [-0.39, 0.29) is 23.5 Å². The van der Waals surface area contributed by atoms with Gasteiger partial charge in [0.15, 0.2) is 0 Å². The van der Waals surface area contributed by atoms with Crippen LogP contribution in [-0.4, -0.2) is 50.8 Å². The molecule has 3 aromatic rings. The van der Waals surface area contributed by atoms with Gasteiger partial charge in [-0.1, -0.05) is 12.1 Å². The zero-order chi connectivity index (χ0) is 25.7. The van der Waals surface area contributed by atoms with Crippen molar-refractivity contribution in [3.05, 3.63) is 60.3 Å². The van der Waals surface area contributed by atoms with Crippen molar-refractivity contribution < 1.29 is 13.9 Å². The van der Waals surface area contributed by atoms with Crippen molar-refractivity contribution in [2.24, 2.45) is 0 Å². The van der Waals surface area contributed by atoms with Gasteiger partial charge in [-0.05, 0) is 45.4 Å². The number of alkyl carbamates (subject to hydrolysis) is 1. The lowest BCUT2D eigenvalue weighted by atomic mass is 10.1. The Morgan fingerprint density at radius 2 is 1.94 bits per heavy atom. The number of ether oxygens (including phenoxy) is 1. The first kappa shape index (κ1) is 25.1. The predicted octanol–water partition coefficient (Wildman–Crippen LogP) is 4.43. The van der Waals surface area contributed by atoms with E-state index in [0.717, 1.165) is 5.56 Å². The molecule has 3 N–H and O–H groups in total. The molecule has 1 aromatic carbocycles. The number of carbonyl (C=O) groups is 1. The standard InChI is InChI=1S/C25H31FN8O2/c1-16(17-5-7-18(26)8-6-17)29-23-31-20(30-21-14-27-10-11-28-21)13-22(32-23)34-12-9-19(15-34)36-24(35)33-25(2,3)4/h5-8,10-11,13-14,16,19H,9,12,15H2,1-4H3,(H,33,35)(H2,28,29,30,31,32)/t16-,19?/m0/s1. The molecule has 11 heteroatoms. The number of aromatic nitrogens is 4. The van der Waals surface area contributed by atoms with Gasteiger partial charge in [0.05, 0.1) is 18.8 Å². The Morgan fingerprint density at radius 1 is 1.17 bits per heavy atom. The topological polar surface area (TPSA) is 117 Å². The van der Waals surface area contributed by atoms with Crippen LogP contribution in [-0.2, 0) is 4.74 Å². The molecular weight excluding hydrogens is 463 g/mol. The van der Waals surface area contributed by atoms with Crippen LogP contribution in [0.4, 0.5) is 32.6 Å². The van der Waals surface area contributed by atoms with Gasteiger partial charge in [-0.15, -0.1) is 0 Å². The van der Waals surface area contributed by atoms with E-state index in [9.17, 15) is 9.18 Å². The lowest BCUT2D eigenvalue weighted by molar-refractivity contribution is 0.101. The van der Waals surface area contributed by atoms with Crippen LogP contribution in [0.2, 0.25) is 0 Å². The van der Waals surface area contributed by atoms with Gasteiger partial charge < -0.3 is 25.6 Å². The molecule has 0 bridgehead atoms. The predicted molar refractivity (Wildman–Crippen MR) is 136 cm³/mol. The summed E-state index contributed by atoms with van der Waals surface area (Å²) in [7, 11) is 0. The van der Waals surface area contributed by atoms with E-state index in [0.29, 0.717) is 42.9 Å². The highest BCUT2D eigenvalue weighted by molar-refractivity contribution is 5.68. The SMILES string of the molecule is C[C@H](Nc1nc(Nc2cnccn2)cc(N2CCC(OC(=O)NC(C)(C)C)C2)n1)c1ccc(F)cc1. The van der Waals surface area contributed by atoms with Crippen molar-refractivity contribution in [2.75, 3.05) is 28.6 Å². The second-order valence-electron chi connectivity index (χ2n) is 9.71. The van der Waals surface area contributed by atoms with Crippen molar-refractivity contribution in [3.63, 3.8) is 0 Å². The number of hydrogen-bond donors (Lipinski definition) is 3. The van der Waals surface area contributed by atoms with E-state index in [4.69, 9.17) is 9.72 Å². The highest BCUT2D eigenvalue weighted by Gasteiger charge is 2.28. The zero-order valence-corrected chi connectivity index (χ0v) is 20.8. The van der Waals surface area contributed by atoms with Crippen LogP contribution in [0.15, 0.2) is 48.9 Å². The van der Waals surface area contributed by atoms with Gasteiger partial charge in [-0.2, -0.15) is 9.97 Å². The fraction of sp³-hybridized carbons (Fsp3) is 0.400. The molecule has 1 aliphatic heterocycles. The molecule has 190 valence electrons. The number of halogens is 1. The molecule has 0 radical (unpaired) electrons. The van der Waals surface area contributed by atoms with E-state index in [2.05, 4.69) is 30.9 Å². The molecule has 4 rings (SSSR count). The third-order valence-corrected chi connectivity index (χ3v) is 5.47. The maximum absolute atomic E-state index is 13.3. The average Bonchev–Trinajstić information content (AvgIpc) is 3.27. The monoisotopic (exact) mass is 494 g/mol. The smallest absolute Gasteiger partial charge is 0.407 e. The van der Waals surface area contributed by atoms with Crippen molar-refractivity contribution in [1.82, 2.24) is 25.3 Å². The van der Waals surface area contributed by atoms with Gasteiger partial charge >= 0.3 is 6.09 Å². The number of nitrogens with one attached hydrogen (secondary N) is 3. The fourth-order valence-corrected chi connectivity index (χ4v) is 3.77. The van der Waals surface area contributed by atoms with Gasteiger partial charge in [0.25, 0.3) is 0 Å². The van der Waals surface area contributed by atoms with Crippen LogP contribution >= 0.6 is 0 Å². The Bertz CT molecular complexity index is 1170. The van der Waals surface area contributed by atoms with Crippen LogP contribution in [0.3, 0.4) is 0 Å². The molecular formula is C25H31FN8O2.